The van der Waals surface area contributed by atoms with Crippen LogP contribution in [0.1, 0.15) is 0 Å². The SMILES string of the molecule is S=c1sc2ncccc2n1-c1ncccn1. The third-order valence-electron chi connectivity index (χ3n) is 2.11. The average Bonchev–Trinajstić information content (AvgIpc) is 2.66. The molecule has 0 saturated heterocycles. The molecule has 0 aliphatic heterocycles. The quantitative estimate of drug-likeness (QED) is 0.619. The first-order valence-corrected chi connectivity index (χ1v) is 5.83. The summed E-state index contributed by atoms with van der Waals surface area (Å²) in [5.74, 6) is 0.590. The molecule has 0 fully saturated rings. The van der Waals surface area contributed by atoms with Crippen molar-refractivity contribution in [1.29, 1.82) is 0 Å². The standard InChI is InChI=1S/C10H6N4S2/c15-10-14(9-12-5-2-6-13-9)7-3-1-4-11-8(7)16-10/h1-6H. The van der Waals surface area contributed by atoms with Crippen molar-refractivity contribution in [2.45, 2.75) is 0 Å². The van der Waals surface area contributed by atoms with E-state index in [1.54, 1.807) is 24.7 Å². The minimum absolute atomic E-state index is 0.590. The Hall–Kier alpha value is -1.66. The molecule has 6 heteroatoms. The van der Waals surface area contributed by atoms with Crippen LogP contribution in [-0.4, -0.2) is 19.5 Å². The molecular weight excluding hydrogens is 240 g/mol. The Kier molecular flexibility index (Phi) is 2.23. The zero-order valence-corrected chi connectivity index (χ0v) is 9.70. The van der Waals surface area contributed by atoms with Crippen LogP contribution >= 0.6 is 23.6 Å². The summed E-state index contributed by atoms with van der Waals surface area (Å²) < 4.78 is 2.54. The van der Waals surface area contributed by atoms with Crippen LogP contribution in [0.3, 0.4) is 0 Å². The fourth-order valence-corrected chi connectivity index (χ4v) is 2.68. The van der Waals surface area contributed by atoms with Crippen LogP contribution in [0.15, 0.2) is 36.8 Å². The smallest absolute Gasteiger partial charge is 0.235 e. The number of rotatable bonds is 1. The highest BCUT2D eigenvalue weighted by Gasteiger charge is 2.08. The normalized spacial score (nSPS) is 10.8. The van der Waals surface area contributed by atoms with Gasteiger partial charge in [0.15, 0.2) is 3.95 Å². The first-order valence-electron chi connectivity index (χ1n) is 4.60. The van der Waals surface area contributed by atoms with Gasteiger partial charge in [0.05, 0.1) is 5.52 Å². The fourth-order valence-electron chi connectivity index (χ4n) is 1.45. The zero-order chi connectivity index (χ0) is 11.0. The Morgan fingerprint density at radius 1 is 1.06 bits per heavy atom. The number of nitrogens with zero attached hydrogens (tertiary/aromatic N) is 4. The van der Waals surface area contributed by atoms with Crippen LogP contribution in [0.4, 0.5) is 0 Å². The minimum Gasteiger partial charge on any atom is -0.258 e. The van der Waals surface area contributed by atoms with Crippen LogP contribution in [-0.2, 0) is 0 Å². The fraction of sp³-hybridized carbons (Fsp3) is 0. The maximum Gasteiger partial charge on any atom is 0.235 e. The van der Waals surface area contributed by atoms with Crippen molar-refractivity contribution in [3.8, 4) is 5.95 Å². The number of aromatic nitrogens is 4. The highest BCUT2D eigenvalue weighted by atomic mass is 32.1. The molecule has 0 radical (unpaired) electrons. The number of thiazole rings is 1. The molecule has 4 nitrogen and oxygen atoms in total. The lowest BCUT2D eigenvalue weighted by atomic mass is 10.4. The van der Waals surface area contributed by atoms with E-state index in [1.807, 2.05) is 16.7 Å². The molecule has 0 aliphatic carbocycles. The van der Waals surface area contributed by atoms with Crippen LogP contribution in [0, 0.1) is 3.95 Å². The molecular formula is C10H6N4S2. The molecule has 0 N–H and O–H groups in total. The molecule has 3 heterocycles. The largest absolute Gasteiger partial charge is 0.258 e. The van der Waals surface area contributed by atoms with Gasteiger partial charge in [0, 0.05) is 18.6 Å². The van der Waals surface area contributed by atoms with Crippen molar-refractivity contribution in [1.82, 2.24) is 19.5 Å². The predicted molar refractivity (Wildman–Crippen MR) is 65.4 cm³/mol. The minimum atomic E-state index is 0.590. The van der Waals surface area contributed by atoms with Crippen molar-refractivity contribution >= 4 is 33.9 Å². The maximum absolute atomic E-state index is 5.30. The van der Waals surface area contributed by atoms with Crippen molar-refractivity contribution in [2.75, 3.05) is 0 Å². The lowest BCUT2D eigenvalue weighted by molar-refractivity contribution is 0.958. The van der Waals surface area contributed by atoms with Gasteiger partial charge in [0.1, 0.15) is 4.83 Å². The average molecular weight is 246 g/mol. The summed E-state index contributed by atoms with van der Waals surface area (Å²) in [5.41, 5.74) is 0.948. The van der Waals surface area contributed by atoms with Crippen molar-refractivity contribution in [2.24, 2.45) is 0 Å². The topological polar surface area (TPSA) is 43.6 Å². The molecule has 16 heavy (non-hydrogen) atoms. The van der Waals surface area contributed by atoms with E-state index in [0.29, 0.717) is 9.90 Å². The second-order valence-electron chi connectivity index (χ2n) is 3.08. The van der Waals surface area contributed by atoms with Crippen LogP contribution in [0.25, 0.3) is 16.3 Å². The van der Waals surface area contributed by atoms with E-state index in [2.05, 4.69) is 15.0 Å². The molecule has 78 valence electrons. The summed E-state index contributed by atoms with van der Waals surface area (Å²) in [6, 6.07) is 5.62. The zero-order valence-electron chi connectivity index (χ0n) is 8.07. The third-order valence-corrected chi connectivity index (χ3v) is 3.41. The monoisotopic (exact) mass is 246 g/mol. The summed E-state index contributed by atoms with van der Waals surface area (Å²) in [4.78, 5) is 13.6. The highest BCUT2D eigenvalue weighted by molar-refractivity contribution is 7.73. The van der Waals surface area contributed by atoms with Gasteiger partial charge in [-0.25, -0.2) is 15.0 Å². The van der Waals surface area contributed by atoms with Gasteiger partial charge < -0.3 is 0 Å². The van der Waals surface area contributed by atoms with Gasteiger partial charge in [-0.05, 0) is 30.4 Å². The van der Waals surface area contributed by atoms with Gasteiger partial charge in [0.25, 0.3) is 0 Å². The van der Waals surface area contributed by atoms with Crippen LogP contribution < -0.4 is 0 Å². The molecule has 0 atom stereocenters. The Balaban J connectivity index is 2.40. The van der Waals surface area contributed by atoms with Crippen LogP contribution in [0.2, 0.25) is 0 Å². The molecule has 3 aromatic heterocycles. The van der Waals surface area contributed by atoms with Gasteiger partial charge in [-0.2, -0.15) is 0 Å². The van der Waals surface area contributed by atoms with Gasteiger partial charge in [0.2, 0.25) is 5.95 Å². The highest BCUT2D eigenvalue weighted by Crippen LogP contribution is 2.22. The van der Waals surface area contributed by atoms with E-state index in [9.17, 15) is 0 Å². The van der Waals surface area contributed by atoms with E-state index in [1.165, 1.54) is 11.3 Å². The Morgan fingerprint density at radius 3 is 2.62 bits per heavy atom. The van der Waals surface area contributed by atoms with Crippen molar-refractivity contribution < 1.29 is 0 Å². The van der Waals surface area contributed by atoms with E-state index in [-0.39, 0.29) is 0 Å². The van der Waals surface area contributed by atoms with Crippen molar-refractivity contribution in [3.63, 3.8) is 0 Å². The molecule has 0 aliphatic rings. The number of fused-ring (bicyclic) bond motifs is 1. The third kappa shape index (κ3) is 1.43. The summed E-state index contributed by atoms with van der Waals surface area (Å²) >= 11 is 6.76. The van der Waals surface area contributed by atoms with Crippen molar-refractivity contribution in [3.05, 3.63) is 40.7 Å². The Bertz CT molecular complexity index is 687. The Morgan fingerprint density at radius 2 is 1.81 bits per heavy atom. The molecule has 0 spiro atoms. The lowest BCUT2D eigenvalue weighted by Gasteiger charge is -2.00. The first-order chi connectivity index (χ1) is 7.86. The van der Waals surface area contributed by atoms with Gasteiger partial charge in [-0.1, -0.05) is 11.3 Å². The first kappa shape index (κ1) is 9.56. The number of hydrogen-bond donors (Lipinski definition) is 0. The molecule has 3 rings (SSSR count). The molecule has 0 amide bonds. The van der Waals surface area contributed by atoms with E-state index >= 15 is 0 Å². The number of pyridine rings is 1. The Labute approximate surface area is 100 Å². The van der Waals surface area contributed by atoms with E-state index < -0.39 is 0 Å². The molecule has 0 bridgehead atoms. The molecule has 0 aromatic carbocycles. The van der Waals surface area contributed by atoms with Gasteiger partial charge in [-0.3, -0.25) is 4.57 Å². The molecule has 0 unspecified atom stereocenters. The lowest BCUT2D eigenvalue weighted by Crippen LogP contribution is -1.99. The van der Waals surface area contributed by atoms with E-state index in [0.717, 1.165) is 10.3 Å². The number of hydrogen-bond acceptors (Lipinski definition) is 5. The summed E-state index contributed by atoms with van der Waals surface area (Å²) in [6.07, 6.45) is 5.15. The summed E-state index contributed by atoms with van der Waals surface area (Å²) in [5, 5.41) is 0. The van der Waals surface area contributed by atoms with Gasteiger partial charge >= 0.3 is 0 Å². The van der Waals surface area contributed by atoms with Gasteiger partial charge in [-0.15, -0.1) is 0 Å². The molecule has 0 saturated carbocycles. The summed E-state index contributed by atoms with van der Waals surface area (Å²) in [6.45, 7) is 0. The summed E-state index contributed by atoms with van der Waals surface area (Å²) in [7, 11) is 0. The van der Waals surface area contributed by atoms with Crippen LogP contribution in [0.5, 0.6) is 0 Å². The molecule has 3 aromatic rings. The second-order valence-corrected chi connectivity index (χ2v) is 4.70. The van der Waals surface area contributed by atoms with E-state index in [4.69, 9.17) is 12.2 Å². The predicted octanol–water partition coefficient (Wildman–Crippen LogP) is 2.61. The second kappa shape index (κ2) is 3.73. The maximum atomic E-state index is 5.30.